The van der Waals surface area contributed by atoms with Gasteiger partial charge in [-0.2, -0.15) is 0 Å². The number of para-hydroxylation sites is 1. The van der Waals surface area contributed by atoms with Crippen molar-refractivity contribution in [2.75, 3.05) is 38.1 Å². The average Bonchev–Trinajstić information content (AvgIpc) is 2.75. The Hall–Kier alpha value is -3.42. The van der Waals surface area contributed by atoms with Crippen LogP contribution in [-0.4, -0.2) is 65.5 Å². The molecule has 1 aliphatic heterocycles. The van der Waals surface area contributed by atoms with Gasteiger partial charge in [0.2, 0.25) is 0 Å². The molecule has 1 saturated heterocycles. The van der Waals surface area contributed by atoms with Gasteiger partial charge in [-0.25, -0.2) is 4.79 Å². The van der Waals surface area contributed by atoms with Gasteiger partial charge in [0.05, 0.1) is 6.61 Å². The number of rotatable bonds is 4. The summed E-state index contributed by atoms with van der Waals surface area (Å²) in [6, 6.07) is 10.5. The number of nitrogens with zero attached hydrogens (tertiary/aromatic N) is 3. The molecular weight excluding hydrogens is 372 g/mol. The third kappa shape index (κ3) is 4.90. The molecule has 2 heterocycles. The van der Waals surface area contributed by atoms with Crippen LogP contribution in [0.1, 0.15) is 33.3 Å². The summed E-state index contributed by atoms with van der Waals surface area (Å²) in [7, 11) is 0. The number of anilines is 1. The second kappa shape index (κ2) is 9.18. The standard InChI is InChI=1S/C21H24N4O4/c1-3-29-21(28)25-12-10-24(11-13-25)20(27)18-14-16(8-9-22-18)19(26)23-17-7-5-4-6-15(17)2/h4-9,14H,3,10-13H2,1-2H3,(H,23,26). The molecule has 8 heteroatoms. The highest BCUT2D eigenvalue weighted by molar-refractivity contribution is 6.06. The van der Waals surface area contributed by atoms with E-state index in [1.807, 2.05) is 31.2 Å². The summed E-state index contributed by atoms with van der Waals surface area (Å²) in [4.78, 5) is 44.5. The van der Waals surface area contributed by atoms with Gasteiger partial charge in [-0.15, -0.1) is 0 Å². The van der Waals surface area contributed by atoms with Crippen LogP contribution in [0.2, 0.25) is 0 Å². The van der Waals surface area contributed by atoms with Crippen molar-refractivity contribution in [3.8, 4) is 0 Å². The first-order valence-electron chi connectivity index (χ1n) is 9.53. The Morgan fingerprint density at radius 3 is 2.45 bits per heavy atom. The van der Waals surface area contributed by atoms with Gasteiger partial charge in [0.15, 0.2) is 0 Å². The zero-order chi connectivity index (χ0) is 20.8. The van der Waals surface area contributed by atoms with Crippen LogP contribution in [0.3, 0.4) is 0 Å². The van der Waals surface area contributed by atoms with Crippen molar-refractivity contribution in [2.45, 2.75) is 13.8 Å². The lowest BCUT2D eigenvalue weighted by atomic mass is 10.1. The summed E-state index contributed by atoms with van der Waals surface area (Å²) in [5, 5.41) is 2.85. The molecule has 1 N–H and O–H groups in total. The van der Waals surface area contributed by atoms with Gasteiger partial charge < -0.3 is 19.9 Å². The summed E-state index contributed by atoms with van der Waals surface area (Å²) in [5.74, 6) is -0.568. The molecule has 1 aliphatic rings. The number of aryl methyl sites for hydroxylation is 1. The first-order valence-corrected chi connectivity index (χ1v) is 9.53. The second-order valence-corrected chi connectivity index (χ2v) is 6.68. The number of pyridine rings is 1. The minimum atomic E-state index is -0.368. The summed E-state index contributed by atoms with van der Waals surface area (Å²) in [6.07, 6.45) is 1.09. The molecule has 1 aromatic carbocycles. The highest BCUT2D eigenvalue weighted by Gasteiger charge is 2.26. The second-order valence-electron chi connectivity index (χ2n) is 6.68. The Labute approximate surface area is 169 Å². The minimum Gasteiger partial charge on any atom is -0.450 e. The van der Waals surface area contributed by atoms with Crippen molar-refractivity contribution in [3.63, 3.8) is 0 Å². The zero-order valence-corrected chi connectivity index (χ0v) is 16.6. The van der Waals surface area contributed by atoms with Gasteiger partial charge in [-0.05, 0) is 37.6 Å². The van der Waals surface area contributed by atoms with E-state index in [0.717, 1.165) is 11.3 Å². The van der Waals surface area contributed by atoms with Gasteiger partial charge >= 0.3 is 6.09 Å². The molecule has 0 bridgehead atoms. The molecule has 0 aliphatic carbocycles. The van der Waals surface area contributed by atoms with E-state index < -0.39 is 0 Å². The number of aromatic nitrogens is 1. The maximum Gasteiger partial charge on any atom is 0.409 e. The van der Waals surface area contributed by atoms with Crippen LogP contribution >= 0.6 is 0 Å². The van der Waals surface area contributed by atoms with Crippen LogP contribution < -0.4 is 5.32 Å². The number of hydrogen-bond donors (Lipinski definition) is 1. The zero-order valence-electron chi connectivity index (χ0n) is 16.6. The average molecular weight is 396 g/mol. The maximum absolute atomic E-state index is 12.8. The van der Waals surface area contributed by atoms with Crippen molar-refractivity contribution in [3.05, 3.63) is 59.4 Å². The Balaban J connectivity index is 1.65. The smallest absolute Gasteiger partial charge is 0.409 e. The molecule has 3 rings (SSSR count). The predicted octanol–water partition coefficient (Wildman–Crippen LogP) is 2.56. The molecule has 0 atom stereocenters. The molecule has 29 heavy (non-hydrogen) atoms. The Kier molecular flexibility index (Phi) is 6.43. The monoisotopic (exact) mass is 396 g/mol. The van der Waals surface area contributed by atoms with Crippen molar-refractivity contribution < 1.29 is 19.1 Å². The highest BCUT2D eigenvalue weighted by atomic mass is 16.6. The molecule has 0 unspecified atom stereocenters. The summed E-state index contributed by atoms with van der Waals surface area (Å²) < 4.78 is 4.99. The molecule has 2 aromatic rings. The highest BCUT2D eigenvalue weighted by Crippen LogP contribution is 2.15. The lowest BCUT2D eigenvalue weighted by molar-refractivity contribution is 0.0566. The Morgan fingerprint density at radius 1 is 1.07 bits per heavy atom. The fourth-order valence-corrected chi connectivity index (χ4v) is 3.07. The van der Waals surface area contributed by atoms with Crippen LogP contribution in [0, 0.1) is 6.92 Å². The number of nitrogens with one attached hydrogen (secondary N) is 1. The van der Waals surface area contributed by atoms with Gasteiger partial charge in [-0.1, -0.05) is 18.2 Å². The van der Waals surface area contributed by atoms with Crippen LogP contribution in [-0.2, 0) is 4.74 Å². The topological polar surface area (TPSA) is 91.8 Å². The third-order valence-corrected chi connectivity index (χ3v) is 4.73. The first kappa shape index (κ1) is 20.3. The Bertz CT molecular complexity index is 907. The Morgan fingerprint density at radius 2 is 1.76 bits per heavy atom. The van der Waals surface area contributed by atoms with E-state index in [0.29, 0.717) is 38.3 Å². The maximum atomic E-state index is 12.8. The first-order chi connectivity index (χ1) is 14.0. The van der Waals surface area contributed by atoms with Crippen molar-refractivity contribution >= 4 is 23.6 Å². The van der Waals surface area contributed by atoms with Gasteiger partial charge in [0, 0.05) is 43.6 Å². The van der Waals surface area contributed by atoms with E-state index in [2.05, 4.69) is 10.3 Å². The molecule has 1 fully saturated rings. The van der Waals surface area contributed by atoms with E-state index in [-0.39, 0.29) is 23.6 Å². The normalized spacial score (nSPS) is 13.7. The van der Waals surface area contributed by atoms with E-state index >= 15 is 0 Å². The molecule has 0 saturated carbocycles. The van der Waals surface area contributed by atoms with Crippen LogP contribution in [0.5, 0.6) is 0 Å². The van der Waals surface area contributed by atoms with Gasteiger partial charge in [-0.3, -0.25) is 14.6 Å². The summed E-state index contributed by atoms with van der Waals surface area (Å²) >= 11 is 0. The van der Waals surface area contributed by atoms with Crippen molar-refractivity contribution in [1.82, 2.24) is 14.8 Å². The van der Waals surface area contributed by atoms with Crippen LogP contribution in [0.15, 0.2) is 42.6 Å². The molecule has 1 aromatic heterocycles. The fraction of sp³-hybridized carbons (Fsp3) is 0.333. The number of carbonyl (C=O) groups excluding carboxylic acids is 3. The van der Waals surface area contributed by atoms with Crippen LogP contribution in [0.4, 0.5) is 10.5 Å². The van der Waals surface area contributed by atoms with E-state index in [4.69, 9.17) is 4.74 Å². The molecule has 0 radical (unpaired) electrons. The number of amides is 3. The van der Waals surface area contributed by atoms with E-state index in [1.54, 1.807) is 22.8 Å². The largest absolute Gasteiger partial charge is 0.450 e. The lowest BCUT2D eigenvalue weighted by Crippen LogP contribution is -2.50. The number of hydrogen-bond acceptors (Lipinski definition) is 5. The molecule has 8 nitrogen and oxygen atoms in total. The number of ether oxygens (including phenoxy) is 1. The summed E-state index contributed by atoms with van der Waals surface area (Å²) in [5.41, 5.74) is 2.23. The van der Waals surface area contributed by atoms with Crippen molar-refractivity contribution in [2.24, 2.45) is 0 Å². The van der Waals surface area contributed by atoms with Crippen molar-refractivity contribution in [1.29, 1.82) is 0 Å². The summed E-state index contributed by atoms with van der Waals surface area (Å²) in [6.45, 7) is 5.56. The minimum absolute atomic E-state index is 0.201. The molecule has 152 valence electrons. The van der Waals surface area contributed by atoms with Gasteiger partial charge in [0.1, 0.15) is 5.69 Å². The molecule has 0 spiro atoms. The number of piperazine rings is 1. The molecule has 3 amide bonds. The molecular formula is C21H24N4O4. The quantitative estimate of drug-likeness (QED) is 0.858. The SMILES string of the molecule is CCOC(=O)N1CCN(C(=O)c2cc(C(=O)Nc3ccccc3C)ccn2)CC1. The fourth-order valence-electron chi connectivity index (χ4n) is 3.07. The van der Waals surface area contributed by atoms with E-state index in [9.17, 15) is 14.4 Å². The number of carbonyl (C=O) groups is 3. The van der Waals surface area contributed by atoms with Gasteiger partial charge in [0.25, 0.3) is 11.8 Å². The lowest BCUT2D eigenvalue weighted by Gasteiger charge is -2.33. The predicted molar refractivity (Wildman–Crippen MR) is 108 cm³/mol. The van der Waals surface area contributed by atoms with Crippen LogP contribution in [0.25, 0.3) is 0 Å². The third-order valence-electron chi connectivity index (χ3n) is 4.73. The van der Waals surface area contributed by atoms with E-state index in [1.165, 1.54) is 12.3 Å². The number of benzene rings is 1.